The first-order valence-corrected chi connectivity index (χ1v) is 12.3. The molecule has 35 heavy (non-hydrogen) atoms. The number of nitrogens with zero attached hydrogens (tertiary/aromatic N) is 4. The highest BCUT2D eigenvalue weighted by molar-refractivity contribution is 9.10. The molecule has 178 valence electrons. The van der Waals surface area contributed by atoms with Gasteiger partial charge in [-0.1, -0.05) is 34.5 Å². The average Bonchev–Trinajstić information content (AvgIpc) is 2.83. The van der Waals surface area contributed by atoms with Crippen LogP contribution in [0.5, 0.6) is 5.75 Å². The Morgan fingerprint density at radius 2 is 1.91 bits per heavy atom. The summed E-state index contributed by atoms with van der Waals surface area (Å²) in [6, 6.07) is 14.8. The number of nitro groups is 1. The van der Waals surface area contributed by atoms with Crippen molar-refractivity contribution in [2.45, 2.75) is 20.0 Å². The highest BCUT2D eigenvalue weighted by Gasteiger charge is 2.13. The third kappa shape index (κ3) is 5.61. The van der Waals surface area contributed by atoms with Gasteiger partial charge in [-0.15, -0.1) is 0 Å². The minimum Gasteiger partial charge on any atom is -0.487 e. The number of halogens is 3. The monoisotopic (exact) mass is 618 g/mol. The first kappa shape index (κ1) is 25.0. The number of fused-ring (bicyclic) bond motifs is 1. The lowest BCUT2D eigenvalue weighted by atomic mass is 10.2. The van der Waals surface area contributed by atoms with Crippen molar-refractivity contribution in [2.24, 2.45) is 5.10 Å². The summed E-state index contributed by atoms with van der Waals surface area (Å²) >= 11 is 13.1. The summed E-state index contributed by atoms with van der Waals surface area (Å²) in [7, 11) is 0. The molecule has 0 bridgehead atoms. The van der Waals surface area contributed by atoms with Crippen molar-refractivity contribution in [2.75, 3.05) is 0 Å². The zero-order valence-electron chi connectivity index (χ0n) is 18.2. The van der Waals surface area contributed by atoms with E-state index in [1.54, 1.807) is 36.4 Å². The first-order chi connectivity index (χ1) is 16.8. The Labute approximate surface area is 221 Å². The fraction of sp³-hybridized carbons (Fsp3) is 0.125. The molecule has 11 heteroatoms. The molecule has 3 aromatic carbocycles. The third-order valence-electron chi connectivity index (χ3n) is 5.07. The van der Waals surface area contributed by atoms with Crippen molar-refractivity contribution in [3.63, 3.8) is 0 Å². The van der Waals surface area contributed by atoms with Crippen LogP contribution in [-0.2, 0) is 13.0 Å². The standard InChI is InChI=1S/C24H17Br2ClN4O4/c1-2-22-29-21-8-5-16(25)10-19(21)24(32)30(22)28-12-15-9-17(27)11-20(26)23(15)35-13-14-3-6-18(7-4-14)31(33)34/h3-12H,2,13H2,1H3. The molecule has 4 rings (SSSR count). The van der Waals surface area contributed by atoms with E-state index in [0.717, 1.165) is 10.0 Å². The number of ether oxygens (including phenoxy) is 1. The van der Waals surface area contributed by atoms with Gasteiger partial charge >= 0.3 is 0 Å². The quantitative estimate of drug-likeness (QED) is 0.133. The molecular weight excluding hydrogens is 604 g/mol. The predicted octanol–water partition coefficient (Wildman–Crippen LogP) is 6.51. The summed E-state index contributed by atoms with van der Waals surface area (Å²) in [5, 5.41) is 16.2. The maximum Gasteiger partial charge on any atom is 0.282 e. The van der Waals surface area contributed by atoms with Crippen molar-refractivity contribution in [3.8, 4) is 5.75 Å². The molecule has 0 saturated heterocycles. The summed E-state index contributed by atoms with van der Waals surface area (Å²) in [5.74, 6) is 0.967. The largest absolute Gasteiger partial charge is 0.487 e. The molecule has 0 radical (unpaired) electrons. The molecule has 0 aliphatic carbocycles. The van der Waals surface area contributed by atoms with Gasteiger partial charge in [0, 0.05) is 33.6 Å². The second-order valence-corrected chi connectivity index (χ2v) is 9.63. The molecule has 0 saturated carbocycles. The molecule has 0 N–H and O–H groups in total. The summed E-state index contributed by atoms with van der Waals surface area (Å²) in [6.07, 6.45) is 2.00. The van der Waals surface area contributed by atoms with Crippen LogP contribution in [0.4, 0.5) is 5.69 Å². The number of benzene rings is 3. The van der Waals surface area contributed by atoms with Gasteiger partial charge in [-0.05, 0) is 64.0 Å². The summed E-state index contributed by atoms with van der Waals surface area (Å²) in [5.41, 5.74) is 1.59. The first-order valence-electron chi connectivity index (χ1n) is 10.4. The number of aromatic nitrogens is 2. The molecule has 0 aliphatic rings. The van der Waals surface area contributed by atoms with Gasteiger partial charge in [0.15, 0.2) is 0 Å². The van der Waals surface area contributed by atoms with E-state index in [1.165, 1.54) is 23.0 Å². The Hall–Kier alpha value is -3.08. The van der Waals surface area contributed by atoms with Gasteiger partial charge in [-0.3, -0.25) is 14.9 Å². The Bertz CT molecular complexity index is 1520. The van der Waals surface area contributed by atoms with Crippen molar-refractivity contribution < 1.29 is 9.66 Å². The molecule has 1 heterocycles. The number of hydrogen-bond donors (Lipinski definition) is 0. The van der Waals surface area contributed by atoms with Gasteiger partial charge in [0.25, 0.3) is 11.2 Å². The average molecular weight is 621 g/mol. The normalized spacial score (nSPS) is 11.3. The maximum atomic E-state index is 13.2. The van der Waals surface area contributed by atoms with E-state index >= 15 is 0 Å². The van der Waals surface area contributed by atoms with Gasteiger partial charge in [0.1, 0.15) is 18.2 Å². The second kappa shape index (κ2) is 10.7. The smallest absolute Gasteiger partial charge is 0.282 e. The SMILES string of the molecule is CCc1nc2ccc(Br)cc2c(=O)n1N=Cc1cc(Cl)cc(Br)c1OCc1ccc([N+](=O)[O-])cc1. The predicted molar refractivity (Wildman–Crippen MR) is 143 cm³/mol. The minimum atomic E-state index is -0.457. The molecule has 4 aromatic rings. The lowest BCUT2D eigenvalue weighted by Crippen LogP contribution is -2.22. The molecule has 8 nitrogen and oxygen atoms in total. The van der Waals surface area contributed by atoms with Crippen molar-refractivity contribution >= 4 is 66.3 Å². The molecule has 1 aromatic heterocycles. The van der Waals surface area contributed by atoms with Crippen LogP contribution >= 0.6 is 43.5 Å². The lowest BCUT2D eigenvalue weighted by Gasteiger charge is -2.12. The molecule has 0 unspecified atom stereocenters. The topological polar surface area (TPSA) is 99.6 Å². The van der Waals surface area contributed by atoms with Crippen LogP contribution in [0.25, 0.3) is 10.9 Å². The van der Waals surface area contributed by atoms with Gasteiger partial charge in [-0.2, -0.15) is 9.78 Å². The van der Waals surface area contributed by atoms with E-state index < -0.39 is 4.92 Å². The molecule has 0 spiro atoms. The van der Waals surface area contributed by atoms with E-state index in [-0.39, 0.29) is 17.9 Å². The Balaban J connectivity index is 1.70. The van der Waals surface area contributed by atoms with E-state index in [4.69, 9.17) is 16.3 Å². The van der Waals surface area contributed by atoms with Crippen molar-refractivity contribution in [1.29, 1.82) is 0 Å². The number of nitro benzene ring substituents is 1. The summed E-state index contributed by atoms with van der Waals surface area (Å²) in [4.78, 5) is 28.1. The summed E-state index contributed by atoms with van der Waals surface area (Å²) in [6.45, 7) is 2.05. The molecule has 0 fully saturated rings. The fourth-order valence-corrected chi connectivity index (χ4v) is 4.67. The molecule has 0 atom stereocenters. The van der Waals surface area contributed by atoms with Crippen LogP contribution in [-0.4, -0.2) is 20.8 Å². The van der Waals surface area contributed by atoms with Crippen molar-refractivity contribution in [1.82, 2.24) is 9.66 Å². The van der Waals surface area contributed by atoms with Crippen LogP contribution < -0.4 is 10.3 Å². The Morgan fingerprint density at radius 3 is 2.60 bits per heavy atom. The van der Waals surface area contributed by atoms with E-state index in [2.05, 4.69) is 41.9 Å². The van der Waals surface area contributed by atoms with Gasteiger partial charge in [0.05, 0.1) is 26.5 Å². The van der Waals surface area contributed by atoms with Crippen LogP contribution in [0.15, 0.2) is 73.4 Å². The van der Waals surface area contributed by atoms with Gasteiger partial charge < -0.3 is 4.74 Å². The van der Waals surface area contributed by atoms with E-state index in [1.807, 2.05) is 13.0 Å². The van der Waals surface area contributed by atoms with E-state index in [9.17, 15) is 14.9 Å². The van der Waals surface area contributed by atoms with Crippen LogP contribution in [0.1, 0.15) is 23.9 Å². The highest BCUT2D eigenvalue weighted by Crippen LogP contribution is 2.32. The van der Waals surface area contributed by atoms with E-state index in [0.29, 0.717) is 44.0 Å². The Kier molecular flexibility index (Phi) is 7.63. The van der Waals surface area contributed by atoms with Gasteiger partial charge in [-0.25, -0.2) is 4.98 Å². The van der Waals surface area contributed by atoms with Crippen LogP contribution in [0.3, 0.4) is 0 Å². The van der Waals surface area contributed by atoms with Crippen LogP contribution in [0, 0.1) is 10.1 Å². The molecule has 0 aliphatic heterocycles. The zero-order chi connectivity index (χ0) is 25.1. The highest BCUT2D eigenvalue weighted by atomic mass is 79.9. The maximum absolute atomic E-state index is 13.2. The molecular formula is C24H17Br2ClN4O4. The van der Waals surface area contributed by atoms with Crippen molar-refractivity contribution in [3.05, 3.63) is 106 Å². The van der Waals surface area contributed by atoms with Gasteiger partial charge in [0.2, 0.25) is 0 Å². The zero-order valence-corrected chi connectivity index (χ0v) is 22.2. The summed E-state index contributed by atoms with van der Waals surface area (Å²) < 4.78 is 8.62. The minimum absolute atomic E-state index is 0.00226. The Morgan fingerprint density at radius 1 is 1.17 bits per heavy atom. The number of rotatable bonds is 7. The number of aryl methyl sites for hydroxylation is 1. The fourth-order valence-electron chi connectivity index (χ4n) is 3.36. The third-order valence-corrected chi connectivity index (χ3v) is 6.37. The molecule has 0 amide bonds. The van der Waals surface area contributed by atoms with Crippen LogP contribution in [0.2, 0.25) is 5.02 Å². The lowest BCUT2D eigenvalue weighted by molar-refractivity contribution is -0.384. The second-order valence-electron chi connectivity index (χ2n) is 7.42. The number of hydrogen-bond acceptors (Lipinski definition) is 6. The number of non-ortho nitro benzene ring substituents is 1.